The first-order chi connectivity index (χ1) is 16.3. The highest BCUT2D eigenvalue weighted by atomic mass is 32.2. The molecule has 0 radical (unpaired) electrons. The number of fused-ring (bicyclic) bond motifs is 1. The lowest BCUT2D eigenvalue weighted by atomic mass is 9.92. The summed E-state index contributed by atoms with van der Waals surface area (Å²) in [6.45, 7) is 4.47. The number of hydrogen-bond acceptors (Lipinski definition) is 6. The zero-order valence-corrected chi connectivity index (χ0v) is 19.9. The van der Waals surface area contributed by atoms with Gasteiger partial charge in [0.2, 0.25) is 0 Å². The monoisotopic (exact) mass is 484 g/mol. The number of rotatable bonds is 8. The van der Waals surface area contributed by atoms with Gasteiger partial charge < -0.3 is 14.6 Å². The lowest BCUT2D eigenvalue weighted by molar-refractivity contribution is 0.101. The molecule has 3 aromatic rings. The van der Waals surface area contributed by atoms with Gasteiger partial charge in [-0.25, -0.2) is 8.78 Å². The van der Waals surface area contributed by atoms with E-state index in [1.165, 1.54) is 13.0 Å². The molecule has 1 N–H and O–H groups in total. The van der Waals surface area contributed by atoms with Crippen LogP contribution in [0.15, 0.2) is 41.6 Å². The number of phenolic OH excluding ortho intramolecular Hbond substituents is 1. The van der Waals surface area contributed by atoms with Gasteiger partial charge in [0.15, 0.2) is 28.4 Å². The normalized spacial score (nSPS) is 21.6. The van der Waals surface area contributed by atoms with Gasteiger partial charge >= 0.3 is 0 Å². The van der Waals surface area contributed by atoms with E-state index in [4.69, 9.17) is 0 Å². The summed E-state index contributed by atoms with van der Waals surface area (Å²) in [7, 11) is 1.82. The number of halogens is 2. The SMILES string of the molecule is CC(=O)c1cc([C@]23C[C@H]2CN(CCCSc2nnc(-c4ccc(F)c(F)c4)n2C)C3)ccc1O. The van der Waals surface area contributed by atoms with E-state index in [1.807, 2.05) is 19.2 Å². The Kier molecular flexibility index (Phi) is 5.93. The highest BCUT2D eigenvalue weighted by Gasteiger charge is 2.60. The van der Waals surface area contributed by atoms with Crippen molar-refractivity contribution in [3.63, 3.8) is 0 Å². The minimum Gasteiger partial charge on any atom is -0.507 e. The van der Waals surface area contributed by atoms with E-state index in [9.17, 15) is 18.7 Å². The Morgan fingerprint density at radius 2 is 2.03 bits per heavy atom. The Hall–Kier alpha value is -2.78. The number of likely N-dealkylation sites (tertiary alicyclic amines) is 1. The fourth-order valence-corrected chi connectivity index (χ4v) is 5.95. The van der Waals surface area contributed by atoms with Crippen LogP contribution in [0.4, 0.5) is 8.78 Å². The number of carbonyl (C=O) groups excluding carboxylic acids is 1. The summed E-state index contributed by atoms with van der Waals surface area (Å²) in [5.41, 5.74) is 2.15. The van der Waals surface area contributed by atoms with Crippen LogP contribution in [0.25, 0.3) is 11.4 Å². The van der Waals surface area contributed by atoms with E-state index in [-0.39, 0.29) is 16.9 Å². The quantitative estimate of drug-likeness (QED) is 0.290. The molecule has 0 spiro atoms. The van der Waals surface area contributed by atoms with Gasteiger partial charge in [-0.05, 0) is 68.1 Å². The van der Waals surface area contributed by atoms with E-state index in [0.29, 0.717) is 22.9 Å². The molecule has 5 rings (SSSR count). The lowest BCUT2D eigenvalue weighted by Crippen LogP contribution is -2.28. The zero-order valence-electron chi connectivity index (χ0n) is 19.1. The van der Waals surface area contributed by atoms with E-state index in [2.05, 4.69) is 15.1 Å². The molecule has 2 aromatic carbocycles. The molecule has 9 heteroatoms. The Bertz CT molecular complexity index is 1260. The third-order valence-electron chi connectivity index (χ3n) is 7.03. The van der Waals surface area contributed by atoms with Crippen molar-refractivity contribution >= 4 is 17.5 Å². The summed E-state index contributed by atoms with van der Waals surface area (Å²) in [5.74, 6) is 0.117. The average molecular weight is 485 g/mol. The van der Waals surface area contributed by atoms with E-state index in [0.717, 1.165) is 61.1 Å². The number of nitrogens with zero attached hydrogens (tertiary/aromatic N) is 4. The molecule has 178 valence electrons. The first-order valence-corrected chi connectivity index (χ1v) is 12.3. The third-order valence-corrected chi connectivity index (χ3v) is 8.14. The number of hydrogen-bond donors (Lipinski definition) is 1. The molecule has 34 heavy (non-hydrogen) atoms. The van der Waals surface area contributed by atoms with E-state index < -0.39 is 11.6 Å². The highest BCUT2D eigenvalue weighted by molar-refractivity contribution is 7.99. The average Bonchev–Trinajstić information content (AvgIpc) is 3.18. The highest BCUT2D eigenvalue weighted by Crippen LogP contribution is 2.59. The first kappa shape index (κ1) is 23.0. The Labute approximate surface area is 201 Å². The van der Waals surface area contributed by atoms with Crippen molar-refractivity contribution in [1.82, 2.24) is 19.7 Å². The molecule has 6 nitrogen and oxygen atoms in total. The van der Waals surface area contributed by atoms with Crippen LogP contribution in [-0.2, 0) is 12.5 Å². The summed E-state index contributed by atoms with van der Waals surface area (Å²) in [6.07, 6.45) is 2.11. The van der Waals surface area contributed by atoms with Crippen molar-refractivity contribution in [2.24, 2.45) is 13.0 Å². The summed E-state index contributed by atoms with van der Waals surface area (Å²) in [6, 6.07) is 9.20. The fourth-order valence-electron chi connectivity index (χ4n) is 5.11. The predicted octanol–water partition coefficient (Wildman–Crippen LogP) is 4.42. The second kappa shape index (κ2) is 8.78. The summed E-state index contributed by atoms with van der Waals surface area (Å²) in [4.78, 5) is 14.3. The second-order valence-electron chi connectivity index (χ2n) is 9.28. The molecule has 2 fully saturated rings. The van der Waals surface area contributed by atoms with Crippen LogP contribution in [0, 0.1) is 17.6 Å². The molecule has 1 saturated carbocycles. The van der Waals surface area contributed by atoms with Crippen molar-refractivity contribution in [3.05, 3.63) is 59.2 Å². The van der Waals surface area contributed by atoms with Gasteiger partial charge in [-0.2, -0.15) is 0 Å². The van der Waals surface area contributed by atoms with Crippen LogP contribution in [0.5, 0.6) is 5.75 Å². The smallest absolute Gasteiger partial charge is 0.191 e. The van der Waals surface area contributed by atoms with Crippen molar-refractivity contribution in [1.29, 1.82) is 0 Å². The summed E-state index contributed by atoms with van der Waals surface area (Å²) < 4.78 is 28.6. The zero-order chi connectivity index (χ0) is 24.0. The maximum absolute atomic E-state index is 13.6. The van der Waals surface area contributed by atoms with Crippen molar-refractivity contribution in [3.8, 4) is 17.1 Å². The molecule has 2 heterocycles. The van der Waals surface area contributed by atoms with Gasteiger partial charge in [0, 0.05) is 36.9 Å². The van der Waals surface area contributed by atoms with Gasteiger partial charge in [-0.3, -0.25) is 4.79 Å². The van der Waals surface area contributed by atoms with Crippen molar-refractivity contribution in [2.45, 2.75) is 30.3 Å². The van der Waals surface area contributed by atoms with Gasteiger partial charge in [0.25, 0.3) is 0 Å². The first-order valence-electron chi connectivity index (χ1n) is 11.3. The molecule has 2 atom stereocenters. The molecule has 0 unspecified atom stereocenters. The molecular formula is C25H26F2N4O2S. The van der Waals surface area contributed by atoms with Crippen LogP contribution >= 0.6 is 11.8 Å². The largest absolute Gasteiger partial charge is 0.507 e. The molecule has 1 aliphatic carbocycles. The Morgan fingerprint density at radius 1 is 1.21 bits per heavy atom. The van der Waals surface area contributed by atoms with Crippen molar-refractivity contribution < 1.29 is 18.7 Å². The topological polar surface area (TPSA) is 71.2 Å². The minimum atomic E-state index is -0.902. The molecular weight excluding hydrogens is 458 g/mol. The molecule has 1 saturated heterocycles. The minimum absolute atomic E-state index is 0.0493. The Morgan fingerprint density at radius 3 is 2.79 bits per heavy atom. The fraction of sp³-hybridized carbons (Fsp3) is 0.400. The van der Waals surface area contributed by atoms with Gasteiger partial charge in [-0.1, -0.05) is 17.8 Å². The maximum atomic E-state index is 13.6. The molecule has 0 bridgehead atoms. The van der Waals surface area contributed by atoms with Crippen LogP contribution < -0.4 is 0 Å². The molecule has 1 aliphatic heterocycles. The van der Waals surface area contributed by atoms with Crippen molar-refractivity contribution in [2.75, 3.05) is 25.4 Å². The molecule has 0 amide bonds. The number of carbonyl (C=O) groups is 1. The van der Waals surface area contributed by atoms with Crippen LogP contribution in [0.1, 0.15) is 35.7 Å². The van der Waals surface area contributed by atoms with Crippen LogP contribution in [0.3, 0.4) is 0 Å². The van der Waals surface area contributed by atoms with Gasteiger partial charge in [0.05, 0.1) is 5.56 Å². The number of ketones is 1. The van der Waals surface area contributed by atoms with Gasteiger partial charge in [-0.15, -0.1) is 10.2 Å². The number of phenols is 1. The maximum Gasteiger partial charge on any atom is 0.191 e. The number of Topliss-reactive ketones (excluding diaryl/α,β-unsaturated/α-hetero) is 1. The number of thioether (sulfide) groups is 1. The van der Waals surface area contributed by atoms with Crippen LogP contribution in [0.2, 0.25) is 0 Å². The standard InChI is InChI=1S/C25H26F2N4O2S/c1-15(32)19-11-17(5-7-22(19)33)25-12-18(25)13-31(14-25)8-3-9-34-24-29-28-23(30(24)2)16-4-6-20(26)21(27)10-16/h4-7,10-11,18,33H,3,8-9,12-14H2,1-2H3/t18-,25+/m0/s1. The summed E-state index contributed by atoms with van der Waals surface area (Å²) in [5, 5.41) is 19.1. The van der Waals surface area contributed by atoms with E-state index >= 15 is 0 Å². The van der Waals surface area contributed by atoms with Gasteiger partial charge in [0.1, 0.15) is 5.75 Å². The summed E-state index contributed by atoms with van der Waals surface area (Å²) >= 11 is 1.60. The number of piperidine rings is 1. The second-order valence-corrected chi connectivity index (χ2v) is 10.3. The third kappa shape index (κ3) is 4.11. The number of aromatic hydroxyl groups is 1. The number of benzene rings is 2. The molecule has 1 aromatic heterocycles. The number of aromatic nitrogens is 3. The van der Waals surface area contributed by atoms with Crippen LogP contribution in [-0.4, -0.2) is 55.9 Å². The molecule has 2 aliphatic rings. The Balaban J connectivity index is 1.15. The van der Waals surface area contributed by atoms with E-state index in [1.54, 1.807) is 22.4 Å². The predicted molar refractivity (Wildman–Crippen MR) is 126 cm³/mol. The lowest BCUT2D eigenvalue weighted by Gasteiger charge is -2.21.